The van der Waals surface area contributed by atoms with Gasteiger partial charge in [0.2, 0.25) is 0 Å². The number of aryl methyl sites for hydroxylation is 1. The second-order valence-electron chi connectivity index (χ2n) is 7.30. The number of sulfonamides is 2. The quantitative estimate of drug-likeness (QED) is 0.224. The lowest BCUT2D eigenvalue weighted by molar-refractivity contribution is -0.704. The summed E-state index contributed by atoms with van der Waals surface area (Å²) in [5.74, 6) is 0.661. The van der Waals surface area contributed by atoms with Gasteiger partial charge in [-0.3, -0.25) is 0 Å². The van der Waals surface area contributed by atoms with Gasteiger partial charge in [0, 0.05) is 52.3 Å². The summed E-state index contributed by atoms with van der Waals surface area (Å²) in [7, 11) is -10.9. The summed E-state index contributed by atoms with van der Waals surface area (Å²) < 4.78 is 128. The Morgan fingerprint density at radius 2 is 1.37 bits per heavy atom. The van der Waals surface area contributed by atoms with E-state index in [-0.39, 0.29) is 0 Å². The van der Waals surface area contributed by atoms with E-state index in [1.165, 1.54) is 5.69 Å². The van der Waals surface area contributed by atoms with E-state index in [1.807, 2.05) is 0 Å². The van der Waals surface area contributed by atoms with Crippen LogP contribution in [0.4, 0.5) is 26.3 Å². The van der Waals surface area contributed by atoms with E-state index in [2.05, 4.69) is 42.8 Å². The van der Waals surface area contributed by atoms with E-state index in [1.54, 1.807) is 21.3 Å². The van der Waals surface area contributed by atoms with Crippen LogP contribution in [0.2, 0.25) is 6.04 Å². The molecule has 0 aromatic carbocycles. The van der Waals surface area contributed by atoms with Gasteiger partial charge in [-0.05, 0) is 5.92 Å². The van der Waals surface area contributed by atoms with Gasteiger partial charge >= 0.3 is 19.8 Å². The van der Waals surface area contributed by atoms with Gasteiger partial charge in [0.05, 0.1) is 0 Å². The van der Waals surface area contributed by atoms with Crippen LogP contribution in [-0.2, 0) is 46.3 Å². The van der Waals surface area contributed by atoms with E-state index in [4.69, 9.17) is 13.3 Å². The lowest BCUT2D eigenvalue weighted by atomic mass is 10.1. The average molecular weight is 579 g/mol. The first-order chi connectivity index (χ1) is 15.8. The van der Waals surface area contributed by atoms with Gasteiger partial charge < -0.3 is 17.4 Å². The van der Waals surface area contributed by atoms with Crippen molar-refractivity contribution in [3.8, 4) is 0 Å². The van der Waals surface area contributed by atoms with Gasteiger partial charge in [0.25, 0.3) is 0 Å². The molecule has 0 aliphatic heterocycles. The van der Waals surface area contributed by atoms with Crippen molar-refractivity contribution in [1.29, 1.82) is 0 Å². The van der Waals surface area contributed by atoms with Crippen LogP contribution in [-0.4, -0.2) is 58.0 Å². The van der Waals surface area contributed by atoms with Crippen molar-refractivity contribution >= 4 is 28.9 Å². The maximum absolute atomic E-state index is 11.4. The number of nitrogens with zero attached hydrogens (tertiary/aromatic N) is 2. The minimum atomic E-state index is -6.72. The zero-order valence-electron chi connectivity index (χ0n) is 19.6. The fourth-order valence-corrected chi connectivity index (χ4v) is 5.98. The molecule has 0 bridgehead atoms. The molecule has 0 N–H and O–H groups in total. The van der Waals surface area contributed by atoms with Crippen molar-refractivity contribution in [2.45, 2.75) is 50.3 Å². The summed E-state index contributed by atoms with van der Waals surface area (Å²) in [4.78, 5) is 0. The number of hydrogen-bond donors (Lipinski definition) is 0. The lowest BCUT2D eigenvalue weighted by Crippen LogP contribution is -2.45. The Bertz CT molecular complexity index is 949. The summed E-state index contributed by atoms with van der Waals surface area (Å²) in [6, 6.07) is 7.22. The molecule has 0 saturated heterocycles. The summed E-state index contributed by atoms with van der Waals surface area (Å²) >= 11 is 0. The van der Waals surface area contributed by atoms with Crippen LogP contribution >= 0.6 is 0 Å². The zero-order chi connectivity index (χ0) is 27.7. The first-order valence-corrected chi connectivity index (χ1v) is 14.6. The minimum absolute atomic E-state index is 0.661. The monoisotopic (exact) mass is 578 g/mol. The van der Waals surface area contributed by atoms with E-state index in [0.29, 0.717) is 5.92 Å². The van der Waals surface area contributed by atoms with Crippen LogP contribution < -0.4 is 4.57 Å². The molecule has 0 atom stereocenters. The summed E-state index contributed by atoms with van der Waals surface area (Å²) in [6.45, 7) is 5.46. The van der Waals surface area contributed by atoms with Gasteiger partial charge in [-0.25, -0.2) is 21.4 Å². The number of hydrogen-bond acceptors (Lipinski definition) is 7. The molecule has 18 heteroatoms. The molecule has 0 unspecified atom stereocenters. The summed E-state index contributed by atoms with van der Waals surface area (Å²) in [6.07, 6.45) is 4.23. The van der Waals surface area contributed by atoms with E-state index in [9.17, 15) is 43.2 Å². The Kier molecular flexibility index (Phi) is 12.8. The molecule has 1 heterocycles. The topological polar surface area (TPSA) is 114 Å². The van der Waals surface area contributed by atoms with Crippen molar-refractivity contribution in [3.05, 3.63) is 34.2 Å². The molecule has 9 nitrogen and oxygen atoms in total. The number of pyridine rings is 1. The van der Waals surface area contributed by atoms with Crippen molar-refractivity contribution < 1.29 is 61.0 Å². The third kappa shape index (κ3) is 10.7. The molecular formula is C17H28F6N2O7S2Si. The van der Waals surface area contributed by atoms with Crippen LogP contribution in [0.5, 0.6) is 0 Å². The highest BCUT2D eigenvalue weighted by Gasteiger charge is 2.47. The van der Waals surface area contributed by atoms with Crippen LogP contribution in [0.3, 0.4) is 0 Å². The zero-order valence-corrected chi connectivity index (χ0v) is 22.2. The molecule has 0 radical (unpaired) electrons. The van der Waals surface area contributed by atoms with Crippen molar-refractivity contribution in [1.82, 2.24) is 0 Å². The highest BCUT2D eigenvalue weighted by atomic mass is 32.3. The molecular weight excluding hydrogens is 550 g/mol. The third-order valence-corrected chi connectivity index (χ3v) is 9.82. The highest BCUT2D eigenvalue weighted by molar-refractivity contribution is 8.13. The molecule has 1 rings (SSSR count). The predicted molar refractivity (Wildman–Crippen MR) is 115 cm³/mol. The van der Waals surface area contributed by atoms with Gasteiger partial charge in [0.1, 0.15) is 6.54 Å². The van der Waals surface area contributed by atoms with E-state index < -0.39 is 39.9 Å². The van der Waals surface area contributed by atoms with E-state index in [0.717, 1.165) is 29.6 Å². The molecule has 1 aromatic rings. The van der Waals surface area contributed by atoms with Gasteiger partial charge in [-0.2, -0.15) is 26.3 Å². The molecule has 0 fully saturated rings. The van der Waals surface area contributed by atoms with E-state index >= 15 is 0 Å². The largest absolute Gasteiger partial charge is 0.500 e. The van der Waals surface area contributed by atoms with Crippen molar-refractivity contribution in [2.24, 2.45) is 5.92 Å². The molecule has 0 aliphatic carbocycles. The molecule has 35 heavy (non-hydrogen) atoms. The Hall–Kier alpha value is -1.31. The molecule has 0 aliphatic rings. The maximum atomic E-state index is 11.4. The molecule has 206 valence electrons. The SMILES string of the molecule is CO[Si](CCC[n+]1ccccc1CC(C)C)(OC)OC.O=S(=O)([N-]S(=O)(=O)C(F)(F)F)C(F)(F)F. The standard InChI is InChI=1S/C15H28NO3Si.C2F6NO4S2/c1-14(2)13-15-9-6-7-10-16(15)11-8-12-20(17-3,18-4)19-5;3-1(4,5)14(10,11)9-15(12,13)2(6,7)8/h6-7,9-10,14H,8,11-13H2,1-5H3;/q+1;-1. The van der Waals surface area contributed by atoms with Crippen LogP contribution in [0.1, 0.15) is 26.0 Å². The van der Waals surface area contributed by atoms with Gasteiger partial charge in [0.15, 0.2) is 31.9 Å². The van der Waals surface area contributed by atoms with Crippen molar-refractivity contribution in [2.75, 3.05) is 21.3 Å². The first kappa shape index (κ1) is 33.7. The fourth-order valence-electron chi connectivity index (χ4n) is 2.57. The number of alkyl halides is 6. The average Bonchev–Trinajstić information content (AvgIpc) is 2.70. The minimum Gasteiger partial charge on any atom is -0.421 e. The third-order valence-electron chi connectivity index (χ3n) is 4.25. The first-order valence-electron chi connectivity index (χ1n) is 9.77. The highest BCUT2D eigenvalue weighted by Crippen LogP contribution is 2.36. The smallest absolute Gasteiger partial charge is 0.421 e. The Morgan fingerprint density at radius 3 is 1.74 bits per heavy atom. The predicted octanol–water partition coefficient (Wildman–Crippen LogP) is 3.50. The second-order valence-corrected chi connectivity index (χ2v) is 13.8. The Balaban J connectivity index is 0.000000691. The van der Waals surface area contributed by atoms with Crippen LogP contribution in [0.15, 0.2) is 24.4 Å². The Labute approximate surface area is 201 Å². The fraction of sp³-hybridized carbons (Fsp3) is 0.706. The van der Waals surface area contributed by atoms with Crippen molar-refractivity contribution in [3.63, 3.8) is 0 Å². The number of rotatable bonds is 11. The van der Waals surface area contributed by atoms with Crippen LogP contribution in [0, 0.1) is 5.92 Å². The summed E-state index contributed by atoms with van der Waals surface area (Å²) in [5, 5.41) is 0. The number of halogens is 6. The van der Waals surface area contributed by atoms with Crippen LogP contribution in [0.25, 0.3) is 4.13 Å². The molecule has 1 aromatic heterocycles. The maximum Gasteiger partial charge on any atom is 0.500 e. The lowest BCUT2D eigenvalue weighted by Gasteiger charge is -2.23. The molecule has 0 amide bonds. The van der Waals surface area contributed by atoms with Gasteiger partial charge in [-0.1, -0.05) is 19.9 Å². The summed E-state index contributed by atoms with van der Waals surface area (Å²) in [5.41, 5.74) is -11.0. The van der Waals surface area contributed by atoms with Gasteiger partial charge in [-0.15, -0.1) is 0 Å². The molecule has 0 saturated carbocycles. The second kappa shape index (κ2) is 13.3. The number of aromatic nitrogens is 1. The normalized spacial score (nSPS) is 13.5. The Morgan fingerprint density at radius 1 is 0.914 bits per heavy atom. The molecule has 0 spiro atoms.